The lowest BCUT2D eigenvalue weighted by Gasteiger charge is -2.37. The summed E-state index contributed by atoms with van der Waals surface area (Å²) in [4.78, 5) is 23.7. The van der Waals surface area contributed by atoms with Gasteiger partial charge in [-0.2, -0.15) is 0 Å². The van der Waals surface area contributed by atoms with Gasteiger partial charge in [-0.05, 0) is 23.7 Å². The number of carbonyl (C=O) groups is 2. The van der Waals surface area contributed by atoms with Gasteiger partial charge in [0.2, 0.25) is 0 Å². The SMILES string of the molecule is CC(C)(C)[Si](C)(C)OCC(NC(=O)OCc1ccccc1)C(=O)NO. The van der Waals surface area contributed by atoms with Crippen LogP contribution in [-0.2, 0) is 20.6 Å². The molecular weight excluding hydrogens is 340 g/mol. The second kappa shape index (κ2) is 8.98. The maximum absolute atomic E-state index is 11.9. The Hall–Kier alpha value is -1.90. The summed E-state index contributed by atoms with van der Waals surface area (Å²) in [7, 11) is -2.10. The number of alkyl carbamates (subject to hydrolysis) is 1. The van der Waals surface area contributed by atoms with Crippen LogP contribution in [0.25, 0.3) is 0 Å². The van der Waals surface area contributed by atoms with Crippen LogP contribution in [0.4, 0.5) is 4.79 Å². The summed E-state index contributed by atoms with van der Waals surface area (Å²) in [6, 6.07) is 8.15. The third-order valence-electron chi connectivity index (χ3n) is 4.35. The van der Waals surface area contributed by atoms with E-state index in [0.29, 0.717) is 0 Å². The van der Waals surface area contributed by atoms with E-state index in [2.05, 4.69) is 26.1 Å². The molecule has 1 rings (SSSR count). The fourth-order valence-corrected chi connectivity index (χ4v) is 2.69. The van der Waals surface area contributed by atoms with E-state index in [-0.39, 0.29) is 18.3 Å². The number of hydrogen-bond donors (Lipinski definition) is 3. The van der Waals surface area contributed by atoms with Crippen LogP contribution in [0.2, 0.25) is 18.1 Å². The number of rotatable bonds is 7. The zero-order chi connectivity index (χ0) is 19.1. The maximum atomic E-state index is 11.9. The van der Waals surface area contributed by atoms with Gasteiger partial charge in [0.1, 0.15) is 12.6 Å². The Morgan fingerprint density at radius 1 is 1.20 bits per heavy atom. The van der Waals surface area contributed by atoms with E-state index in [1.165, 1.54) is 0 Å². The molecule has 0 saturated carbocycles. The van der Waals surface area contributed by atoms with Gasteiger partial charge < -0.3 is 14.5 Å². The van der Waals surface area contributed by atoms with Crippen LogP contribution in [-0.4, -0.2) is 38.2 Å². The van der Waals surface area contributed by atoms with Gasteiger partial charge in [0, 0.05) is 0 Å². The summed E-state index contributed by atoms with van der Waals surface area (Å²) >= 11 is 0. The summed E-state index contributed by atoms with van der Waals surface area (Å²) in [5.41, 5.74) is 2.38. The highest BCUT2D eigenvalue weighted by molar-refractivity contribution is 6.74. The molecule has 7 nitrogen and oxygen atoms in total. The Labute approximate surface area is 149 Å². The van der Waals surface area contributed by atoms with Crippen molar-refractivity contribution >= 4 is 20.3 Å². The monoisotopic (exact) mass is 368 g/mol. The average molecular weight is 369 g/mol. The number of hydroxylamine groups is 1. The lowest BCUT2D eigenvalue weighted by molar-refractivity contribution is -0.132. The van der Waals surface area contributed by atoms with E-state index in [1.54, 1.807) is 5.48 Å². The van der Waals surface area contributed by atoms with Crippen LogP contribution < -0.4 is 10.8 Å². The Balaban J connectivity index is 2.61. The van der Waals surface area contributed by atoms with Crippen molar-refractivity contribution < 1.29 is 24.0 Å². The van der Waals surface area contributed by atoms with Gasteiger partial charge in [0.05, 0.1) is 6.61 Å². The van der Waals surface area contributed by atoms with Gasteiger partial charge in [0.15, 0.2) is 8.32 Å². The van der Waals surface area contributed by atoms with Crippen LogP contribution in [0.3, 0.4) is 0 Å². The van der Waals surface area contributed by atoms with Crippen LogP contribution in [0.15, 0.2) is 30.3 Å². The van der Waals surface area contributed by atoms with E-state index < -0.39 is 26.4 Å². The number of ether oxygens (including phenoxy) is 1. The van der Waals surface area contributed by atoms with Gasteiger partial charge in [-0.15, -0.1) is 0 Å². The Kier molecular flexibility index (Phi) is 7.59. The topological polar surface area (TPSA) is 96.9 Å². The van der Waals surface area contributed by atoms with Crippen molar-refractivity contribution in [3.05, 3.63) is 35.9 Å². The molecule has 0 aromatic heterocycles. The molecule has 0 aliphatic rings. The van der Waals surface area contributed by atoms with E-state index in [4.69, 9.17) is 14.4 Å². The number of hydrogen-bond acceptors (Lipinski definition) is 5. The molecule has 0 aliphatic carbocycles. The zero-order valence-corrected chi connectivity index (χ0v) is 16.5. The predicted octanol–water partition coefficient (Wildman–Crippen LogP) is 2.81. The lowest BCUT2D eigenvalue weighted by Crippen LogP contribution is -2.52. The quantitative estimate of drug-likeness (QED) is 0.391. The van der Waals surface area contributed by atoms with Crippen LogP contribution in [0.1, 0.15) is 26.3 Å². The fraction of sp³-hybridized carbons (Fsp3) is 0.529. The number of carbonyl (C=O) groups excluding carboxylic acids is 2. The molecule has 0 bridgehead atoms. The summed E-state index contributed by atoms with van der Waals surface area (Å²) in [6.07, 6.45) is -0.753. The van der Waals surface area contributed by atoms with Gasteiger partial charge in [-0.3, -0.25) is 10.0 Å². The van der Waals surface area contributed by atoms with Crippen molar-refractivity contribution in [3.8, 4) is 0 Å². The minimum Gasteiger partial charge on any atom is -0.445 e. The van der Waals surface area contributed by atoms with E-state index in [1.807, 2.05) is 43.4 Å². The fourth-order valence-electron chi connectivity index (χ4n) is 1.68. The van der Waals surface area contributed by atoms with E-state index >= 15 is 0 Å². The highest BCUT2D eigenvalue weighted by atomic mass is 28.4. The van der Waals surface area contributed by atoms with Crippen molar-refractivity contribution in [2.24, 2.45) is 0 Å². The summed E-state index contributed by atoms with van der Waals surface area (Å²) in [6.45, 7) is 10.3. The summed E-state index contributed by atoms with van der Waals surface area (Å²) in [5.74, 6) is -0.754. The van der Waals surface area contributed by atoms with Gasteiger partial charge in [-0.25, -0.2) is 10.3 Å². The second-order valence-corrected chi connectivity index (χ2v) is 12.1. The average Bonchev–Trinajstić information content (AvgIpc) is 2.56. The Morgan fingerprint density at radius 2 is 1.80 bits per heavy atom. The van der Waals surface area contributed by atoms with Crippen molar-refractivity contribution in [1.29, 1.82) is 0 Å². The number of amides is 2. The molecule has 2 amide bonds. The second-order valence-electron chi connectivity index (χ2n) is 7.31. The molecule has 0 aliphatic heterocycles. The molecule has 0 fully saturated rings. The van der Waals surface area contributed by atoms with Crippen molar-refractivity contribution in [2.45, 2.75) is 51.6 Å². The molecule has 1 atom stereocenters. The van der Waals surface area contributed by atoms with Gasteiger partial charge in [-0.1, -0.05) is 51.1 Å². The molecular formula is C17H28N2O5Si. The predicted molar refractivity (Wildman–Crippen MR) is 96.6 cm³/mol. The highest BCUT2D eigenvalue weighted by Crippen LogP contribution is 2.36. The molecule has 1 unspecified atom stereocenters. The van der Waals surface area contributed by atoms with Crippen LogP contribution >= 0.6 is 0 Å². The summed E-state index contributed by atoms with van der Waals surface area (Å²) in [5, 5.41) is 11.3. The third kappa shape index (κ3) is 6.85. The summed E-state index contributed by atoms with van der Waals surface area (Å²) < 4.78 is 11.0. The molecule has 0 radical (unpaired) electrons. The normalized spacial score (nSPS) is 13.0. The van der Waals surface area contributed by atoms with Crippen LogP contribution in [0.5, 0.6) is 0 Å². The first kappa shape index (κ1) is 21.1. The van der Waals surface area contributed by atoms with Crippen molar-refractivity contribution in [3.63, 3.8) is 0 Å². The Bertz CT molecular complexity index is 572. The third-order valence-corrected chi connectivity index (χ3v) is 8.85. The standard InChI is InChI=1S/C17H28N2O5Si/c1-17(2,3)25(4,5)24-12-14(15(20)19-22)18-16(21)23-11-13-9-7-6-8-10-13/h6-10,14,22H,11-12H2,1-5H3,(H,18,21)(H,19,20). The molecule has 0 saturated heterocycles. The molecule has 3 N–H and O–H groups in total. The van der Waals surface area contributed by atoms with Crippen molar-refractivity contribution in [2.75, 3.05) is 6.61 Å². The largest absolute Gasteiger partial charge is 0.445 e. The van der Waals surface area contributed by atoms with E-state index in [0.717, 1.165) is 5.56 Å². The number of benzene rings is 1. The molecule has 1 aromatic carbocycles. The number of nitrogens with one attached hydrogen (secondary N) is 2. The molecule has 0 spiro atoms. The minimum atomic E-state index is -2.10. The van der Waals surface area contributed by atoms with E-state index in [9.17, 15) is 9.59 Å². The van der Waals surface area contributed by atoms with Gasteiger partial charge >= 0.3 is 6.09 Å². The van der Waals surface area contributed by atoms with Crippen molar-refractivity contribution in [1.82, 2.24) is 10.8 Å². The Morgan fingerprint density at radius 3 is 2.32 bits per heavy atom. The molecule has 25 heavy (non-hydrogen) atoms. The molecule has 1 aromatic rings. The maximum Gasteiger partial charge on any atom is 0.408 e. The molecule has 140 valence electrons. The first-order chi connectivity index (χ1) is 11.6. The smallest absolute Gasteiger partial charge is 0.408 e. The molecule has 8 heteroatoms. The minimum absolute atomic E-state index is 0.0384. The molecule has 0 heterocycles. The first-order valence-corrected chi connectivity index (χ1v) is 11.0. The van der Waals surface area contributed by atoms with Crippen LogP contribution in [0, 0.1) is 0 Å². The van der Waals surface area contributed by atoms with Gasteiger partial charge in [0.25, 0.3) is 5.91 Å². The zero-order valence-electron chi connectivity index (χ0n) is 15.5. The first-order valence-electron chi connectivity index (χ1n) is 8.12. The highest BCUT2D eigenvalue weighted by Gasteiger charge is 2.38. The lowest BCUT2D eigenvalue weighted by atomic mass is 10.2.